The fraction of sp³-hybridized carbons (Fsp3) is 0.333. The Bertz CT molecular complexity index is 462. The molecule has 1 amide bonds. The van der Waals surface area contributed by atoms with Gasteiger partial charge < -0.3 is 5.32 Å². The Hall–Kier alpha value is -1.67. The lowest BCUT2D eigenvalue weighted by Crippen LogP contribution is -2.36. The van der Waals surface area contributed by atoms with Gasteiger partial charge in [-0.15, -0.1) is 0 Å². The van der Waals surface area contributed by atoms with Crippen molar-refractivity contribution in [3.05, 3.63) is 35.4 Å². The van der Waals surface area contributed by atoms with Crippen LogP contribution in [0.1, 0.15) is 22.8 Å². The fourth-order valence-corrected chi connectivity index (χ4v) is 2.18. The third-order valence-corrected chi connectivity index (χ3v) is 3.11. The third kappa shape index (κ3) is 4.37. The van der Waals surface area contributed by atoms with Crippen molar-refractivity contribution in [1.82, 2.24) is 5.32 Å². The SMILES string of the molecule is CC(CS(C)=O)NC(=O)c1ccc(C#N)cc1. The number of rotatable bonds is 4. The highest BCUT2D eigenvalue weighted by atomic mass is 32.2. The van der Waals surface area contributed by atoms with E-state index in [-0.39, 0.29) is 11.9 Å². The highest BCUT2D eigenvalue weighted by Crippen LogP contribution is 2.03. The monoisotopic (exact) mass is 250 g/mol. The summed E-state index contributed by atoms with van der Waals surface area (Å²) < 4.78 is 11.0. The lowest BCUT2D eigenvalue weighted by Gasteiger charge is -2.12. The molecule has 0 aliphatic rings. The van der Waals surface area contributed by atoms with Crippen molar-refractivity contribution in [1.29, 1.82) is 5.26 Å². The fourth-order valence-electron chi connectivity index (χ4n) is 1.40. The van der Waals surface area contributed by atoms with Crippen molar-refractivity contribution in [3.8, 4) is 6.07 Å². The molecule has 2 atom stereocenters. The summed E-state index contributed by atoms with van der Waals surface area (Å²) in [7, 11) is -0.931. The smallest absolute Gasteiger partial charge is 0.251 e. The number of hydrogen-bond donors (Lipinski definition) is 1. The van der Waals surface area contributed by atoms with E-state index in [1.165, 1.54) is 0 Å². The molecule has 90 valence electrons. The molecule has 17 heavy (non-hydrogen) atoms. The van der Waals surface area contributed by atoms with Gasteiger partial charge in [-0.05, 0) is 31.2 Å². The van der Waals surface area contributed by atoms with Gasteiger partial charge in [0.2, 0.25) is 0 Å². The summed E-state index contributed by atoms with van der Waals surface area (Å²) >= 11 is 0. The second kappa shape index (κ2) is 6.16. The van der Waals surface area contributed by atoms with Gasteiger partial charge in [-0.3, -0.25) is 9.00 Å². The van der Waals surface area contributed by atoms with Crippen molar-refractivity contribution in [2.75, 3.05) is 12.0 Å². The minimum absolute atomic E-state index is 0.135. The zero-order valence-corrected chi connectivity index (χ0v) is 10.6. The van der Waals surface area contributed by atoms with Gasteiger partial charge in [0, 0.05) is 34.4 Å². The Balaban J connectivity index is 2.64. The van der Waals surface area contributed by atoms with E-state index in [0.29, 0.717) is 16.9 Å². The first-order chi connectivity index (χ1) is 8.02. The van der Waals surface area contributed by atoms with Crippen molar-refractivity contribution in [2.24, 2.45) is 0 Å². The van der Waals surface area contributed by atoms with E-state index in [0.717, 1.165) is 0 Å². The molecular weight excluding hydrogens is 236 g/mol. The predicted molar refractivity (Wildman–Crippen MR) is 67.0 cm³/mol. The van der Waals surface area contributed by atoms with Crippen LogP contribution in [-0.4, -0.2) is 28.2 Å². The van der Waals surface area contributed by atoms with Crippen molar-refractivity contribution >= 4 is 16.7 Å². The van der Waals surface area contributed by atoms with Crippen LogP contribution < -0.4 is 5.32 Å². The average Bonchev–Trinajstić information content (AvgIpc) is 2.28. The molecule has 0 fully saturated rings. The molecule has 0 radical (unpaired) electrons. The molecule has 0 saturated carbocycles. The van der Waals surface area contributed by atoms with Crippen LogP contribution in [0.5, 0.6) is 0 Å². The molecule has 0 heterocycles. The summed E-state index contributed by atoms with van der Waals surface area (Å²) in [5, 5.41) is 11.4. The van der Waals surface area contributed by atoms with E-state index < -0.39 is 10.8 Å². The summed E-state index contributed by atoms with van der Waals surface area (Å²) in [5.74, 6) is 0.217. The summed E-state index contributed by atoms with van der Waals surface area (Å²) in [6, 6.07) is 8.24. The van der Waals surface area contributed by atoms with E-state index in [1.54, 1.807) is 30.5 Å². The lowest BCUT2D eigenvalue weighted by atomic mass is 10.1. The molecule has 1 N–H and O–H groups in total. The average molecular weight is 250 g/mol. The second-order valence-corrected chi connectivity index (χ2v) is 5.28. The van der Waals surface area contributed by atoms with Gasteiger partial charge in [0.25, 0.3) is 5.91 Å². The van der Waals surface area contributed by atoms with Crippen LogP contribution in [-0.2, 0) is 10.8 Å². The molecule has 0 spiro atoms. The van der Waals surface area contributed by atoms with Crippen LogP contribution in [0, 0.1) is 11.3 Å². The molecule has 0 aliphatic carbocycles. The maximum Gasteiger partial charge on any atom is 0.251 e. The molecule has 2 unspecified atom stereocenters. The summed E-state index contributed by atoms with van der Waals surface area (Å²) in [5.41, 5.74) is 1.02. The molecule has 1 rings (SSSR count). The summed E-state index contributed by atoms with van der Waals surface area (Å²) in [6.45, 7) is 1.81. The highest BCUT2D eigenvalue weighted by Gasteiger charge is 2.10. The Morgan fingerprint density at radius 3 is 2.53 bits per heavy atom. The first-order valence-corrected chi connectivity index (χ1v) is 6.86. The zero-order chi connectivity index (χ0) is 12.8. The minimum atomic E-state index is -0.931. The number of carbonyl (C=O) groups excluding carboxylic acids is 1. The molecule has 1 aromatic carbocycles. The second-order valence-electron chi connectivity index (χ2n) is 3.80. The van der Waals surface area contributed by atoms with Crippen LogP contribution in [0.25, 0.3) is 0 Å². The van der Waals surface area contributed by atoms with Gasteiger partial charge >= 0.3 is 0 Å². The van der Waals surface area contributed by atoms with Gasteiger partial charge in [0.05, 0.1) is 11.6 Å². The Morgan fingerprint density at radius 2 is 2.06 bits per heavy atom. The Kier molecular flexibility index (Phi) is 4.85. The molecule has 5 heteroatoms. The number of benzene rings is 1. The van der Waals surface area contributed by atoms with Gasteiger partial charge in [-0.25, -0.2) is 0 Å². The molecule has 4 nitrogen and oxygen atoms in total. The van der Waals surface area contributed by atoms with Crippen LogP contribution in [0.15, 0.2) is 24.3 Å². The van der Waals surface area contributed by atoms with E-state index >= 15 is 0 Å². The van der Waals surface area contributed by atoms with Crippen LogP contribution in [0.3, 0.4) is 0 Å². The van der Waals surface area contributed by atoms with Gasteiger partial charge in [-0.1, -0.05) is 0 Å². The third-order valence-electron chi connectivity index (χ3n) is 2.14. The number of nitrogens with zero attached hydrogens (tertiary/aromatic N) is 1. The number of nitriles is 1. The van der Waals surface area contributed by atoms with E-state index in [4.69, 9.17) is 5.26 Å². The summed E-state index contributed by atoms with van der Waals surface area (Å²) in [6.07, 6.45) is 1.60. The molecule has 0 saturated heterocycles. The minimum Gasteiger partial charge on any atom is -0.349 e. The van der Waals surface area contributed by atoms with Crippen LogP contribution >= 0.6 is 0 Å². The molecule has 1 aromatic rings. The zero-order valence-electron chi connectivity index (χ0n) is 9.77. The maximum atomic E-state index is 11.7. The van der Waals surface area contributed by atoms with Gasteiger partial charge in [-0.2, -0.15) is 5.26 Å². The van der Waals surface area contributed by atoms with Crippen molar-refractivity contribution < 1.29 is 9.00 Å². The van der Waals surface area contributed by atoms with E-state index in [2.05, 4.69) is 5.32 Å². The molecule has 0 aromatic heterocycles. The van der Waals surface area contributed by atoms with Gasteiger partial charge in [0.15, 0.2) is 0 Å². The van der Waals surface area contributed by atoms with Gasteiger partial charge in [0.1, 0.15) is 0 Å². The van der Waals surface area contributed by atoms with Crippen molar-refractivity contribution in [2.45, 2.75) is 13.0 Å². The van der Waals surface area contributed by atoms with E-state index in [9.17, 15) is 9.00 Å². The Labute approximate surface area is 103 Å². The summed E-state index contributed by atoms with van der Waals surface area (Å²) in [4.78, 5) is 11.7. The number of carbonyl (C=O) groups is 1. The molecular formula is C12H14N2O2S. The number of hydrogen-bond acceptors (Lipinski definition) is 3. The van der Waals surface area contributed by atoms with Crippen LogP contribution in [0.2, 0.25) is 0 Å². The highest BCUT2D eigenvalue weighted by molar-refractivity contribution is 7.84. The first kappa shape index (κ1) is 13.4. The topological polar surface area (TPSA) is 70.0 Å². The number of nitrogens with one attached hydrogen (secondary N) is 1. The quantitative estimate of drug-likeness (QED) is 0.868. The van der Waals surface area contributed by atoms with E-state index in [1.807, 2.05) is 13.0 Å². The van der Waals surface area contributed by atoms with Crippen molar-refractivity contribution in [3.63, 3.8) is 0 Å². The maximum absolute atomic E-state index is 11.7. The first-order valence-electron chi connectivity index (χ1n) is 5.14. The standard InChI is InChI=1S/C12H14N2O2S/c1-9(8-17(2)16)14-12(15)11-5-3-10(7-13)4-6-11/h3-6,9H,8H2,1-2H3,(H,14,15). The van der Waals surface area contributed by atoms with Crippen LogP contribution in [0.4, 0.5) is 0 Å². The molecule has 0 bridgehead atoms. The number of amides is 1. The molecule has 0 aliphatic heterocycles. The Morgan fingerprint density at radius 1 is 1.47 bits per heavy atom. The normalized spacial score (nSPS) is 13.5. The largest absolute Gasteiger partial charge is 0.349 e. The lowest BCUT2D eigenvalue weighted by molar-refractivity contribution is 0.0943. The predicted octanol–water partition coefficient (Wildman–Crippen LogP) is 1.06.